The molecule has 2 heterocycles. The molecule has 2 aliphatic heterocycles. The molecule has 3 heteroatoms. The normalized spacial score (nSPS) is 26.2. The maximum absolute atomic E-state index is 3.61. The number of anilines is 1. The number of fused-ring (bicyclic) bond motifs is 1. The number of hydrogen-bond donors (Lipinski definition) is 2. The molecular formula is C15H23N3. The molecule has 0 spiro atoms. The van der Waals surface area contributed by atoms with Crippen LogP contribution in [0.15, 0.2) is 24.3 Å². The lowest BCUT2D eigenvalue weighted by Crippen LogP contribution is -2.45. The summed E-state index contributed by atoms with van der Waals surface area (Å²) in [6.45, 7) is 6.85. The summed E-state index contributed by atoms with van der Waals surface area (Å²) in [6, 6.07) is 9.49. The molecule has 3 rings (SSSR count). The zero-order chi connectivity index (χ0) is 12.4. The SMILES string of the molecule is CC1CN(C2CCNCC2)CNc2ccccc21. The highest BCUT2D eigenvalue weighted by atomic mass is 15.3. The second-order valence-corrected chi connectivity index (χ2v) is 5.58. The van der Waals surface area contributed by atoms with Gasteiger partial charge in [-0.1, -0.05) is 25.1 Å². The van der Waals surface area contributed by atoms with Crippen molar-refractivity contribution in [1.29, 1.82) is 0 Å². The van der Waals surface area contributed by atoms with E-state index >= 15 is 0 Å². The van der Waals surface area contributed by atoms with Gasteiger partial charge in [0.15, 0.2) is 0 Å². The molecule has 1 saturated heterocycles. The van der Waals surface area contributed by atoms with E-state index in [-0.39, 0.29) is 0 Å². The second kappa shape index (κ2) is 5.29. The second-order valence-electron chi connectivity index (χ2n) is 5.58. The van der Waals surface area contributed by atoms with Gasteiger partial charge >= 0.3 is 0 Å². The van der Waals surface area contributed by atoms with E-state index in [1.807, 2.05) is 0 Å². The van der Waals surface area contributed by atoms with Crippen LogP contribution in [0, 0.1) is 0 Å². The molecule has 0 radical (unpaired) electrons. The average Bonchev–Trinajstić information content (AvgIpc) is 2.60. The summed E-state index contributed by atoms with van der Waals surface area (Å²) in [5, 5.41) is 7.06. The molecule has 2 N–H and O–H groups in total. The van der Waals surface area contributed by atoms with Crippen LogP contribution in [0.5, 0.6) is 0 Å². The fourth-order valence-corrected chi connectivity index (χ4v) is 3.24. The zero-order valence-electron chi connectivity index (χ0n) is 11.2. The minimum Gasteiger partial charge on any atom is -0.372 e. The monoisotopic (exact) mass is 245 g/mol. The van der Waals surface area contributed by atoms with Crippen molar-refractivity contribution < 1.29 is 0 Å². The molecule has 1 fully saturated rings. The summed E-state index contributed by atoms with van der Waals surface area (Å²) >= 11 is 0. The molecule has 1 aromatic carbocycles. The molecule has 2 aliphatic rings. The Hall–Kier alpha value is -1.06. The predicted octanol–water partition coefficient (Wildman–Crippen LogP) is 2.23. The average molecular weight is 245 g/mol. The Morgan fingerprint density at radius 1 is 1.17 bits per heavy atom. The van der Waals surface area contributed by atoms with Gasteiger partial charge in [0.05, 0.1) is 6.67 Å². The molecular weight excluding hydrogens is 222 g/mol. The van der Waals surface area contributed by atoms with Crippen molar-refractivity contribution in [3.8, 4) is 0 Å². The van der Waals surface area contributed by atoms with Crippen LogP contribution in [-0.4, -0.2) is 37.2 Å². The molecule has 1 aromatic rings. The summed E-state index contributed by atoms with van der Waals surface area (Å²) in [5.74, 6) is 0.617. The largest absolute Gasteiger partial charge is 0.372 e. The zero-order valence-corrected chi connectivity index (χ0v) is 11.2. The molecule has 0 saturated carbocycles. The number of benzene rings is 1. The standard InChI is InChI=1S/C15H23N3/c1-12-10-18(13-6-8-16-9-7-13)11-17-15-5-3-2-4-14(12)15/h2-5,12-13,16-17H,6-11H2,1H3. The van der Waals surface area contributed by atoms with E-state index in [0.717, 1.165) is 12.7 Å². The van der Waals surface area contributed by atoms with Crippen LogP contribution in [0.3, 0.4) is 0 Å². The van der Waals surface area contributed by atoms with Crippen LogP contribution in [0.1, 0.15) is 31.2 Å². The summed E-state index contributed by atoms with van der Waals surface area (Å²) in [5.41, 5.74) is 2.79. The van der Waals surface area contributed by atoms with Crippen LogP contribution in [0.2, 0.25) is 0 Å². The Bertz CT molecular complexity index is 398. The molecule has 1 atom stereocenters. The molecule has 98 valence electrons. The number of para-hydroxylation sites is 1. The Morgan fingerprint density at radius 2 is 1.94 bits per heavy atom. The van der Waals surface area contributed by atoms with E-state index in [0.29, 0.717) is 5.92 Å². The Morgan fingerprint density at radius 3 is 2.78 bits per heavy atom. The Balaban J connectivity index is 1.75. The topological polar surface area (TPSA) is 27.3 Å². The first kappa shape index (κ1) is 12.0. The van der Waals surface area contributed by atoms with Crippen molar-refractivity contribution in [2.24, 2.45) is 0 Å². The third-order valence-electron chi connectivity index (χ3n) is 4.30. The van der Waals surface area contributed by atoms with Gasteiger partial charge in [0.25, 0.3) is 0 Å². The number of rotatable bonds is 1. The van der Waals surface area contributed by atoms with Crippen molar-refractivity contribution in [1.82, 2.24) is 10.2 Å². The van der Waals surface area contributed by atoms with Gasteiger partial charge in [-0.3, -0.25) is 4.90 Å². The molecule has 0 amide bonds. The number of hydrogen-bond acceptors (Lipinski definition) is 3. The molecule has 0 bridgehead atoms. The van der Waals surface area contributed by atoms with Gasteiger partial charge in [0, 0.05) is 18.3 Å². The minimum atomic E-state index is 0.617. The first-order valence-electron chi connectivity index (χ1n) is 7.12. The van der Waals surface area contributed by atoms with Crippen LogP contribution in [0.25, 0.3) is 0 Å². The fraction of sp³-hybridized carbons (Fsp3) is 0.600. The minimum absolute atomic E-state index is 0.617. The van der Waals surface area contributed by atoms with Gasteiger partial charge in [-0.25, -0.2) is 0 Å². The smallest absolute Gasteiger partial charge is 0.0681 e. The molecule has 1 unspecified atom stereocenters. The van der Waals surface area contributed by atoms with Crippen LogP contribution < -0.4 is 10.6 Å². The fourth-order valence-electron chi connectivity index (χ4n) is 3.24. The quantitative estimate of drug-likeness (QED) is 0.794. The molecule has 0 aliphatic carbocycles. The molecule has 18 heavy (non-hydrogen) atoms. The lowest BCUT2D eigenvalue weighted by molar-refractivity contribution is 0.168. The number of nitrogens with zero attached hydrogens (tertiary/aromatic N) is 1. The van der Waals surface area contributed by atoms with Crippen molar-refractivity contribution in [2.75, 3.05) is 31.6 Å². The Kier molecular flexibility index (Phi) is 3.52. The van der Waals surface area contributed by atoms with E-state index in [4.69, 9.17) is 0 Å². The number of nitrogens with one attached hydrogen (secondary N) is 2. The van der Waals surface area contributed by atoms with Crippen LogP contribution in [-0.2, 0) is 0 Å². The predicted molar refractivity (Wildman–Crippen MR) is 75.9 cm³/mol. The van der Waals surface area contributed by atoms with Gasteiger partial charge in [-0.05, 0) is 43.5 Å². The van der Waals surface area contributed by atoms with E-state index in [1.54, 1.807) is 0 Å². The lowest BCUT2D eigenvalue weighted by atomic mass is 9.98. The Labute approximate surface area is 110 Å². The van der Waals surface area contributed by atoms with Gasteiger partial charge in [0.1, 0.15) is 0 Å². The summed E-state index contributed by atoms with van der Waals surface area (Å²) < 4.78 is 0. The maximum Gasteiger partial charge on any atom is 0.0681 e. The molecule has 3 nitrogen and oxygen atoms in total. The van der Waals surface area contributed by atoms with Gasteiger partial charge in [0.2, 0.25) is 0 Å². The van der Waals surface area contributed by atoms with E-state index in [2.05, 4.69) is 46.7 Å². The third-order valence-corrected chi connectivity index (χ3v) is 4.30. The first-order valence-corrected chi connectivity index (χ1v) is 7.12. The first-order chi connectivity index (χ1) is 8.84. The highest BCUT2D eigenvalue weighted by Gasteiger charge is 2.25. The summed E-state index contributed by atoms with van der Waals surface area (Å²) in [6.07, 6.45) is 2.56. The van der Waals surface area contributed by atoms with E-state index in [1.165, 1.54) is 43.7 Å². The third kappa shape index (κ3) is 2.38. The highest BCUT2D eigenvalue weighted by molar-refractivity contribution is 5.53. The van der Waals surface area contributed by atoms with Gasteiger partial charge < -0.3 is 10.6 Å². The highest BCUT2D eigenvalue weighted by Crippen LogP contribution is 2.29. The van der Waals surface area contributed by atoms with E-state index in [9.17, 15) is 0 Å². The van der Waals surface area contributed by atoms with Gasteiger partial charge in [-0.2, -0.15) is 0 Å². The van der Waals surface area contributed by atoms with Crippen molar-refractivity contribution >= 4 is 5.69 Å². The summed E-state index contributed by atoms with van der Waals surface area (Å²) in [4.78, 5) is 2.63. The van der Waals surface area contributed by atoms with Crippen molar-refractivity contribution in [2.45, 2.75) is 31.7 Å². The lowest BCUT2D eigenvalue weighted by Gasteiger charge is -2.34. The van der Waals surface area contributed by atoms with E-state index < -0.39 is 0 Å². The van der Waals surface area contributed by atoms with Crippen molar-refractivity contribution in [3.05, 3.63) is 29.8 Å². The molecule has 0 aromatic heterocycles. The van der Waals surface area contributed by atoms with Crippen LogP contribution >= 0.6 is 0 Å². The number of piperidine rings is 1. The van der Waals surface area contributed by atoms with Gasteiger partial charge in [-0.15, -0.1) is 0 Å². The van der Waals surface area contributed by atoms with Crippen LogP contribution in [0.4, 0.5) is 5.69 Å². The summed E-state index contributed by atoms with van der Waals surface area (Å²) in [7, 11) is 0. The van der Waals surface area contributed by atoms with Crippen molar-refractivity contribution in [3.63, 3.8) is 0 Å². The maximum atomic E-state index is 3.61.